The summed E-state index contributed by atoms with van der Waals surface area (Å²) >= 11 is 0. The molecule has 0 spiro atoms. The summed E-state index contributed by atoms with van der Waals surface area (Å²) in [5.41, 5.74) is 2.40. The first-order valence-corrected chi connectivity index (χ1v) is 7.83. The van der Waals surface area contributed by atoms with Gasteiger partial charge in [0.05, 0.1) is 29.1 Å². The number of carbonyl (C=O) groups is 1. The van der Waals surface area contributed by atoms with E-state index in [4.69, 9.17) is 4.52 Å². The Hall–Kier alpha value is -2.96. The number of likely N-dealkylation sites (tertiary alicyclic amines) is 1. The van der Waals surface area contributed by atoms with E-state index in [2.05, 4.69) is 15.2 Å². The Kier molecular flexibility index (Phi) is 3.41. The summed E-state index contributed by atoms with van der Waals surface area (Å²) in [6.07, 6.45) is 1.63. The van der Waals surface area contributed by atoms with E-state index in [0.29, 0.717) is 30.4 Å². The Bertz CT molecular complexity index is 878. The lowest BCUT2D eigenvalue weighted by Crippen LogP contribution is -2.48. The lowest BCUT2D eigenvalue weighted by molar-refractivity contribution is 0.0568. The van der Waals surface area contributed by atoms with Crippen molar-refractivity contribution in [3.8, 4) is 5.69 Å². The summed E-state index contributed by atoms with van der Waals surface area (Å²) in [4.78, 5) is 18.7. The van der Waals surface area contributed by atoms with Gasteiger partial charge < -0.3 is 9.42 Å². The van der Waals surface area contributed by atoms with E-state index < -0.39 is 0 Å². The maximum absolute atomic E-state index is 12.7. The monoisotopic (exact) mass is 323 g/mol. The van der Waals surface area contributed by atoms with Gasteiger partial charge in [-0.25, -0.2) is 4.68 Å². The molecule has 3 aromatic rings. The molecule has 1 aliphatic heterocycles. The summed E-state index contributed by atoms with van der Waals surface area (Å²) in [5.74, 6) is 1.34. The van der Waals surface area contributed by atoms with Crippen LogP contribution in [0.1, 0.15) is 33.7 Å². The zero-order chi connectivity index (χ0) is 16.7. The van der Waals surface area contributed by atoms with Crippen LogP contribution in [0.3, 0.4) is 0 Å². The Morgan fingerprint density at radius 2 is 1.96 bits per heavy atom. The van der Waals surface area contributed by atoms with E-state index in [-0.39, 0.29) is 11.8 Å². The third-order valence-electron chi connectivity index (χ3n) is 4.30. The van der Waals surface area contributed by atoms with Crippen LogP contribution in [0.2, 0.25) is 0 Å². The molecule has 7 nitrogen and oxygen atoms in total. The van der Waals surface area contributed by atoms with E-state index in [1.165, 1.54) is 0 Å². The van der Waals surface area contributed by atoms with Crippen molar-refractivity contribution in [3.05, 3.63) is 59.5 Å². The van der Waals surface area contributed by atoms with E-state index in [1.54, 1.807) is 22.7 Å². The number of amides is 1. The highest BCUT2D eigenvalue weighted by Crippen LogP contribution is 2.28. The second-order valence-corrected chi connectivity index (χ2v) is 5.98. The largest absolute Gasteiger partial charge is 0.339 e. The van der Waals surface area contributed by atoms with Gasteiger partial charge >= 0.3 is 0 Å². The van der Waals surface area contributed by atoms with E-state index in [1.807, 2.05) is 37.3 Å². The highest BCUT2D eigenvalue weighted by Gasteiger charge is 2.36. The smallest absolute Gasteiger partial charge is 0.257 e. The zero-order valence-electron chi connectivity index (χ0n) is 13.5. The maximum atomic E-state index is 12.7. The fourth-order valence-corrected chi connectivity index (χ4v) is 2.90. The molecule has 0 aliphatic carbocycles. The molecule has 1 amide bonds. The molecule has 3 heterocycles. The lowest BCUT2D eigenvalue weighted by atomic mass is 9.99. The first-order valence-electron chi connectivity index (χ1n) is 7.83. The Balaban J connectivity index is 1.49. The molecule has 0 radical (unpaired) electrons. The van der Waals surface area contributed by atoms with Crippen LogP contribution in [0.15, 0.2) is 41.1 Å². The molecule has 0 N–H and O–H groups in total. The molecular formula is C17H17N5O2. The number of hydrogen-bond acceptors (Lipinski definition) is 5. The molecule has 1 aliphatic rings. The molecule has 0 bridgehead atoms. The Morgan fingerprint density at radius 1 is 1.21 bits per heavy atom. The Labute approximate surface area is 138 Å². The fraction of sp³-hybridized carbons (Fsp3) is 0.294. The minimum atomic E-state index is -0.0119. The van der Waals surface area contributed by atoms with Gasteiger partial charge in [0.15, 0.2) is 5.82 Å². The summed E-state index contributed by atoms with van der Waals surface area (Å²) in [6, 6.07) is 9.78. The average Bonchev–Trinajstić information content (AvgIpc) is 3.13. The van der Waals surface area contributed by atoms with E-state index in [9.17, 15) is 4.79 Å². The van der Waals surface area contributed by atoms with Crippen molar-refractivity contribution in [1.29, 1.82) is 0 Å². The molecule has 2 aromatic heterocycles. The number of para-hydroxylation sites is 1. The van der Waals surface area contributed by atoms with Crippen LogP contribution >= 0.6 is 0 Å². The quantitative estimate of drug-likeness (QED) is 0.738. The van der Waals surface area contributed by atoms with E-state index >= 15 is 0 Å². The highest BCUT2D eigenvalue weighted by molar-refractivity contribution is 5.95. The van der Waals surface area contributed by atoms with Gasteiger partial charge in [-0.3, -0.25) is 4.79 Å². The minimum absolute atomic E-state index is 0.0119. The van der Waals surface area contributed by atoms with E-state index in [0.717, 1.165) is 11.4 Å². The van der Waals surface area contributed by atoms with Crippen LogP contribution in [-0.4, -0.2) is 43.8 Å². The summed E-state index contributed by atoms with van der Waals surface area (Å²) in [5, 5.41) is 8.15. The third-order valence-corrected chi connectivity index (χ3v) is 4.30. The predicted octanol–water partition coefficient (Wildman–Crippen LogP) is 2.11. The minimum Gasteiger partial charge on any atom is -0.339 e. The number of carbonyl (C=O) groups excluding carboxylic acids is 1. The topological polar surface area (TPSA) is 77.0 Å². The van der Waals surface area contributed by atoms with Gasteiger partial charge in [-0.2, -0.15) is 10.1 Å². The third kappa shape index (κ3) is 2.38. The second-order valence-electron chi connectivity index (χ2n) is 5.98. The van der Waals surface area contributed by atoms with Crippen molar-refractivity contribution < 1.29 is 9.32 Å². The molecule has 1 fully saturated rings. The van der Waals surface area contributed by atoms with Crippen LogP contribution in [-0.2, 0) is 0 Å². The Morgan fingerprint density at radius 3 is 2.62 bits per heavy atom. The number of aryl methyl sites for hydroxylation is 1. The summed E-state index contributed by atoms with van der Waals surface area (Å²) < 4.78 is 6.96. The molecule has 24 heavy (non-hydrogen) atoms. The molecule has 0 unspecified atom stereocenters. The maximum Gasteiger partial charge on any atom is 0.257 e. The van der Waals surface area contributed by atoms with Crippen LogP contribution in [0.25, 0.3) is 5.69 Å². The number of aromatic nitrogens is 4. The molecule has 0 atom stereocenters. The first-order chi connectivity index (χ1) is 11.6. The van der Waals surface area contributed by atoms with Gasteiger partial charge in [-0.1, -0.05) is 23.4 Å². The van der Waals surface area contributed by atoms with Gasteiger partial charge in [-0.05, 0) is 26.0 Å². The first kappa shape index (κ1) is 14.6. The van der Waals surface area contributed by atoms with Gasteiger partial charge in [0, 0.05) is 13.1 Å². The number of rotatable bonds is 3. The fourth-order valence-electron chi connectivity index (χ4n) is 2.90. The summed E-state index contributed by atoms with van der Waals surface area (Å²) in [6.45, 7) is 4.88. The van der Waals surface area contributed by atoms with Crippen LogP contribution < -0.4 is 0 Å². The number of nitrogens with zero attached hydrogens (tertiary/aromatic N) is 5. The van der Waals surface area contributed by atoms with Gasteiger partial charge in [0.25, 0.3) is 5.91 Å². The number of hydrogen-bond donors (Lipinski definition) is 0. The van der Waals surface area contributed by atoms with Crippen LogP contribution in [0, 0.1) is 13.8 Å². The second kappa shape index (κ2) is 5.59. The normalized spacial score (nSPS) is 14.7. The van der Waals surface area contributed by atoms with Gasteiger partial charge in [-0.15, -0.1) is 0 Å². The van der Waals surface area contributed by atoms with Crippen molar-refractivity contribution in [2.75, 3.05) is 13.1 Å². The van der Waals surface area contributed by atoms with Crippen molar-refractivity contribution in [2.45, 2.75) is 19.8 Å². The molecule has 122 valence electrons. The van der Waals surface area contributed by atoms with Crippen LogP contribution in [0.5, 0.6) is 0 Å². The van der Waals surface area contributed by atoms with Crippen molar-refractivity contribution in [3.63, 3.8) is 0 Å². The summed E-state index contributed by atoms with van der Waals surface area (Å²) in [7, 11) is 0. The average molecular weight is 323 g/mol. The van der Waals surface area contributed by atoms with Crippen molar-refractivity contribution >= 4 is 5.91 Å². The van der Waals surface area contributed by atoms with Crippen LogP contribution in [0.4, 0.5) is 0 Å². The standard InChI is InChI=1S/C17H17N5O2/c1-11-15(8-18-22(11)14-6-4-3-5-7-14)17(23)21-9-13(10-21)16-19-12(2)20-24-16/h3-8,13H,9-10H2,1-2H3. The lowest BCUT2D eigenvalue weighted by Gasteiger charge is -2.36. The van der Waals surface area contributed by atoms with Crippen molar-refractivity contribution in [1.82, 2.24) is 24.8 Å². The highest BCUT2D eigenvalue weighted by atomic mass is 16.5. The number of benzene rings is 1. The molecule has 0 saturated carbocycles. The SMILES string of the molecule is Cc1noc(C2CN(C(=O)c3cnn(-c4ccccc4)c3C)C2)n1. The zero-order valence-corrected chi connectivity index (χ0v) is 13.5. The molecule has 4 rings (SSSR count). The molecule has 7 heteroatoms. The van der Waals surface area contributed by atoms with Gasteiger partial charge in [0.1, 0.15) is 0 Å². The van der Waals surface area contributed by atoms with Crippen molar-refractivity contribution in [2.24, 2.45) is 0 Å². The molecule has 1 saturated heterocycles. The molecular weight excluding hydrogens is 306 g/mol. The molecule has 1 aromatic carbocycles. The predicted molar refractivity (Wildman–Crippen MR) is 86.0 cm³/mol. The van der Waals surface area contributed by atoms with Gasteiger partial charge in [0.2, 0.25) is 5.89 Å².